The highest BCUT2D eigenvalue weighted by molar-refractivity contribution is 6.33. The number of nitro benzene ring substituents is 1. The molecule has 0 saturated carbocycles. The Morgan fingerprint density at radius 3 is 2.39 bits per heavy atom. The van der Waals surface area contributed by atoms with Crippen molar-refractivity contribution in [1.82, 2.24) is 0 Å². The van der Waals surface area contributed by atoms with Gasteiger partial charge in [-0.05, 0) is 30.9 Å². The summed E-state index contributed by atoms with van der Waals surface area (Å²) in [5.41, 5.74) is 1.71. The van der Waals surface area contributed by atoms with Crippen LogP contribution in [0.4, 0.5) is 11.4 Å². The third-order valence-corrected chi connectivity index (χ3v) is 3.46. The molecular weight excluding hydrogens is 252 g/mol. The zero-order chi connectivity index (χ0) is 14.1. The van der Waals surface area contributed by atoms with Crippen LogP contribution >= 0.6 is 11.6 Å². The number of nitrogens with one attached hydrogen (secondary N) is 1. The first kappa shape index (κ1) is 14.8. The van der Waals surface area contributed by atoms with Gasteiger partial charge in [-0.1, -0.05) is 32.4 Å². The minimum Gasteiger partial charge on any atom is -0.382 e. The van der Waals surface area contributed by atoms with Gasteiger partial charge < -0.3 is 5.32 Å². The maximum Gasteiger partial charge on any atom is 0.288 e. The molecule has 0 spiro atoms. The number of rotatable bonds is 3. The molecule has 1 aromatic carbocycles. The molecule has 0 aliphatic rings. The van der Waals surface area contributed by atoms with Crippen molar-refractivity contribution in [3.8, 4) is 0 Å². The molecule has 1 aromatic rings. The summed E-state index contributed by atoms with van der Waals surface area (Å²) in [5.74, 6) is 0. The first-order chi connectivity index (χ1) is 8.12. The first-order valence-corrected chi connectivity index (χ1v) is 6.22. The number of nitro groups is 1. The van der Waals surface area contributed by atoms with Crippen LogP contribution in [0.25, 0.3) is 0 Å². The van der Waals surface area contributed by atoms with E-state index in [9.17, 15) is 10.1 Å². The van der Waals surface area contributed by atoms with Gasteiger partial charge in [-0.2, -0.15) is 0 Å². The van der Waals surface area contributed by atoms with Crippen LogP contribution in [0.15, 0.2) is 12.1 Å². The van der Waals surface area contributed by atoms with E-state index in [0.29, 0.717) is 0 Å². The predicted octanol–water partition coefficient (Wildman–Crippen LogP) is 4.40. The lowest BCUT2D eigenvalue weighted by molar-refractivity contribution is -0.384. The van der Waals surface area contributed by atoms with Gasteiger partial charge in [0.25, 0.3) is 5.69 Å². The summed E-state index contributed by atoms with van der Waals surface area (Å²) in [5, 5.41) is 14.3. The Kier molecular flexibility index (Phi) is 4.22. The normalized spacial score (nSPS) is 13.2. The molecular formula is C13H19ClN2O2. The fourth-order valence-corrected chi connectivity index (χ4v) is 1.64. The van der Waals surface area contributed by atoms with Crippen LogP contribution in [-0.2, 0) is 0 Å². The van der Waals surface area contributed by atoms with Gasteiger partial charge in [0.05, 0.1) is 4.92 Å². The summed E-state index contributed by atoms with van der Waals surface area (Å²) in [7, 11) is 0. The van der Waals surface area contributed by atoms with Crippen LogP contribution in [-0.4, -0.2) is 11.0 Å². The van der Waals surface area contributed by atoms with Gasteiger partial charge in [-0.15, -0.1) is 0 Å². The van der Waals surface area contributed by atoms with Gasteiger partial charge >= 0.3 is 0 Å². The van der Waals surface area contributed by atoms with Gasteiger partial charge in [0.15, 0.2) is 0 Å². The fourth-order valence-electron chi connectivity index (χ4n) is 1.41. The maximum atomic E-state index is 10.8. The molecule has 0 aliphatic heterocycles. The van der Waals surface area contributed by atoms with E-state index in [4.69, 9.17) is 11.6 Å². The van der Waals surface area contributed by atoms with Crippen molar-refractivity contribution < 1.29 is 4.92 Å². The van der Waals surface area contributed by atoms with Gasteiger partial charge in [-0.3, -0.25) is 10.1 Å². The molecule has 5 heteroatoms. The highest BCUT2D eigenvalue weighted by Gasteiger charge is 2.22. The van der Waals surface area contributed by atoms with E-state index in [1.807, 2.05) is 6.92 Å². The number of nitrogens with zero attached hydrogens (tertiary/aromatic N) is 1. The second-order valence-electron chi connectivity index (χ2n) is 5.61. The van der Waals surface area contributed by atoms with E-state index in [0.717, 1.165) is 11.3 Å². The summed E-state index contributed by atoms with van der Waals surface area (Å²) in [6.07, 6.45) is 0. The van der Waals surface area contributed by atoms with Gasteiger partial charge in [0.1, 0.15) is 5.02 Å². The van der Waals surface area contributed by atoms with Crippen molar-refractivity contribution in [3.63, 3.8) is 0 Å². The van der Waals surface area contributed by atoms with Crippen LogP contribution in [0.2, 0.25) is 5.02 Å². The lowest BCUT2D eigenvalue weighted by atomic mass is 9.88. The van der Waals surface area contributed by atoms with Crippen LogP contribution in [0, 0.1) is 22.5 Å². The molecule has 0 bridgehead atoms. The van der Waals surface area contributed by atoms with Crippen LogP contribution < -0.4 is 5.32 Å². The lowest BCUT2D eigenvalue weighted by Crippen LogP contribution is -2.31. The molecule has 0 amide bonds. The highest BCUT2D eigenvalue weighted by Crippen LogP contribution is 2.32. The minimum absolute atomic E-state index is 0.0527. The number of hydrogen-bond donors (Lipinski definition) is 1. The summed E-state index contributed by atoms with van der Waals surface area (Å²) < 4.78 is 0. The van der Waals surface area contributed by atoms with E-state index in [-0.39, 0.29) is 22.2 Å². The van der Waals surface area contributed by atoms with E-state index < -0.39 is 4.92 Å². The number of aryl methyl sites for hydroxylation is 1. The lowest BCUT2D eigenvalue weighted by Gasteiger charge is -2.29. The van der Waals surface area contributed by atoms with Crippen LogP contribution in [0.5, 0.6) is 0 Å². The molecule has 100 valence electrons. The van der Waals surface area contributed by atoms with Crippen molar-refractivity contribution in [2.75, 3.05) is 5.32 Å². The SMILES string of the molecule is Cc1cc([N+](=O)[O-])c(Cl)cc1NC(C)C(C)(C)C. The molecule has 18 heavy (non-hydrogen) atoms. The van der Waals surface area contributed by atoms with Gasteiger partial charge in [0.2, 0.25) is 0 Å². The zero-order valence-corrected chi connectivity index (χ0v) is 12.1. The monoisotopic (exact) mass is 270 g/mol. The van der Waals surface area contributed by atoms with E-state index in [1.165, 1.54) is 6.07 Å². The topological polar surface area (TPSA) is 55.2 Å². The summed E-state index contributed by atoms with van der Waals surface area (Å²) in [4.78, 5) is 10.3. The molecule has 0 heterocycles. The Morgan fingerprint density at radius 2 is 1.94 bits per heavy atom. The molecule has 0 radical (unpaired) electrons. The third kappa shape index (κ3) is 3.35. The predicted molar refractivity (Wildman–Crippen MR) is 75.4 cm³/mol. The summed E-state index contributed by atoms with van der Waals surface area (Å²) in [6.45, 7) is 10.3. The Labute approximate surface area is 112 Å². The van der Waals surface area contributed by atoms with Gasteiger partial charge in [0, 0.05) is 17.8 Å². The zero-order valence-electron chi connectivity index (χ0n) is 11.4. The number of hydrogen-bond acceptors (Lipinski definition) is 3. The Morgan fingerprint density at radius 1 is 1.39 bits per heavy atom. The van der Waals surface area contributed by atoms with Crippen LogP contribution in [0.1, 0.15) is 33.3 Å². The molecule has 0 aliphatic carbocycles. The van der Waals surface area contributed by atoms with Crippen molar-refractivity contribution in [1.29, 1.82) is 0 Å². The maximum absolute atomic E-state index is 10.8. The van der Waals surface area contributed by atoms with Gasteiger partial charge in [-0.25, -0.2) is 0 Å². The standard InChI is InChI=1S/C13H19ClN2O2/c1-8-6-12(16(17)18)10(14)7-11(8)15-9(2)13(3,4)5/h6-7,9,15H,1-5H3. The summed E-state index contributed by atoms with van der Waals surface area (Å²) in [6, 6.07) is 3.35. The molecule has 1 N–H and O–H groups in total. The van der Waals surface area contributed by atoms with Crippen molar-refractivity contribution in [2.24, 2.45) is 5.41 Å². The molecule has 1 rings (SSSR count). The van der Waals surface area contributed by atoms with E-state index in [1.54, 1.807) is 6.07 Å². The Balaban J connectivity index is 3.06. The second kappa shape index (κ2) is 5.14. The minimum atomic E-state index is -0.466. The van der Waals surface area contributed by atoms with E-state index >= 15 is 0 Å². The van der Waals surface area contributed by atoms with Crippen molar-refractivity contribution in [3.05, 3.63) is 32.8 Å². The van der Waals surface area contributed by atoms with Crippen molar-refractivity contribution in [2.45, 2.75) is 40.7 Å². The van der Waals surface area contributed by atoms with Crippen LogP contribution in [0.3, 0.4) is 0 Å². The average Bonchev–Trinajstić information content (AvgIpc) is 2.21. The van der Waals surface area contributed by atoms with Crippen molar-refractivity contribution >= 4 is 23.0 Å². The molecule has 4 nitrogen and oxygen atoms in total. The fraction of sp³-hybridized carbons (Fsp3) is 0.538. The Bertz CT molecular complexity index is 467. The molecule has 0 aromatic heterocycles. The Hall–Kier alpha value is -1.29. The number of halogens is 1. The first-order valence-electron chi connectivity index (χ1n) is 5.84. The quantitative estimate of drug-likeness (QED) is 0.654. The van der Waals surface area contributed by atoms with E-state index in [2.05, 4.69) is 33.0 Å². The molecule has 0 saturated heterocycles. The largest absolute Gasteiger partial charge is 0.382 e. The number of benzene rings is 1. The summed E-state index contributed by atoms with van der Waals surface area (Å²) >= 11 is 5.91. The second-order valence-corrected chi connectivity index (χ2v) is 6.01. The average molecular weight is 271 g/mol. The number of anilines is 1. The molecule has 0 fully saturated rings. The molecule has 1 atom stereocenters. The third-order valence-electron chi connectivity index (χ3n) is 3.16. The molecule has 1 unspecified atom stereocenters. The smallest absolute Gasteiger partial charge is 0.288 e. The highest BCUT2D eigenvalue weighted by atomic mass is 35.5.